The van der Waals surface area contributed by atoms with E-state index in [1.807, 2.05) is 30.5 Å². The molecule has 8 heteroatoms. The van der Waals surface area contributed by atoms with E-state index in [4.69, 9.17) is 9.72 Å². The van der Waals surface area contributed by atoms with Gasteiger partial charge in [0.05, 0.1) is 18.3 Å². The Morgan fingerprint density at radius 1 is 1.09 bits per heavy atom. The molecule has 4 heterocycles. The number of thiazole rings is 1. The summed E-state index contributed by atoms with van der Waals surface area (Å²) in [7, 11) is 0. The van der Waals surface area contributed by atoms with Crippen LogP contribution in [0.3, 0.4) is 0 Å². The van der Waals surface area contributed by atoms with Gasteiger partial charge in [0, 0.05) is 46.0 Å². The lowest BCUT2D eigenvalue weighted by molar-refractivity contribution is 0.0953. The zero-order valence-electron chi connectivity index (χ0n) is 18.0. The summed E-state index contributed by atoms with van der Waals surface area (Å²) in [4.78, 5) is 8.20. The smallest absolute Gasteiger partial charge is 0.191 e. The molecular weight excluding hydrogens is 450 g/mol. The van der Waals surface area contributed by atoms with Crippen LogP contribution in [-0.2, 0) is 17.0 Å². The van der Waals surface area contributed by atoms with Crippen LogP contribution in [0.25, 0.3) is 32.9 Å². The van der Waals surface area contributed by atoms with Gasteiger partial charge in [0.25, 0.3) is 0 Å². The first-order valence-corrected chi connectivity index (χ1v) is 13.0. The summed E-state index contributed by atoms with van der Waals surface area (Å²) in [5.74, 6) is 1.63. The average Bonchev–Trinajstić information content (AvgIpc) is 3.66. The van der Waals surface area contributed by atoms with Crippen molar-refractivity contribution in [3.8, 4) is 22.0 Å². The molecule has 0 amide bonds. The van der Waals surface area contributed by atoms with Crippen molar-refractivity contribution in [1.29, 1.82) is 0 Å². The highest BCUT2D eigenvalue weighted by Gasteiger charge is 2.23. The summed E-state index contributed by atoms with van der Waals surface area (Å²) in [6.07, 6.45) is 4.41. The van der Waals surface area contributed by atoms with Gasteiger partial charge in [-0.1, -0.05) is 60.3 Å². The van der Waals surface area contributed by atoms with Gasteiger partial charge in [0.2, 0.25) is 0 Å². The third kappa shape index (κ3) is 4.21. The number of aromatic nitrogens is 5. The number of rotatable bonds is 7. The number of para-hydroxylation sites is 1. The number of nitrogens with zero attached hydrogens (tertiary/aromatic N) is 4. The Labute approximate surface area is 200 Å². The summed E-state index contributed by atoms with van der Waals surface area (Å²) >= 11 is 3.36. The summed E-state index contributed by atoms with van der Waals surface area (Å²) in [5, 5.41) is 14.4. The van der Waals surface area contributed by atoms with E-state index in [1.165, 1.54) is 0 Å². The summed E-state index contributed by atoms with van der Waals surface area (Å²) in [6, 6.07) is 18.6. The lowest BCUT2D eigenvalue weighted by atomic mass is 10.1. The highest BCUT2D eigenvalue weighted by atomic mass is 32.2. The predicted octanol–water partition coefficient (Wildman–Crippen LogP) is 6.02. The van der Waals surface area contributed by atoms with Gasteiger partial charge >= 0.3 is 0 Å². The molecule has 0 bridgehead atoms. The van der Waals surface area contributed by atoms with Gasteiger partial charge in [-0.25, -0.2) is 4.98 Å². The monoisotopic (exact) mass is 473 g/mol. The fraction of sp³-hybridized carbons (Fsp3) is 0.240. The van der Waals surface area contributed by atoms with Gasteiger partial charge in [-0.05, 0) is 18.9 Å². The van der Waals surface area contributed by atoms with Crippen molar-refractivity contribution in [1.82, 2.24) is 24.7 Å². The van der Waals surface area contributed by atoms with Crippen molar-refractivity contribution in [3.63, 3.8) is 0 Å². The van der Waals surface area contributed by atoms with Gasteiger partial charge in [-0.15, -0.1) is 21.5 Å². The SMILES string of the molecule is c1ccc(-c2nc(CSc3nnc(-c4c[nH]c5ccccc45)n3C[C@@H]3CCCO3)cs2)cc1. The molecule has 2 aromatic carbocycles. The highest BCUT2D eigenvalue weighted by molar-refractivity contribution is 7.98. The minimum Gasteiger partial charge on any atom is -0.376 e. The fourth-order valence-electron chi connectivity index (χ4n) is 4.23. The van der Waals surface area contributed by atoms with Crippen LogP contribution in [0.2, 0.25) is 0 Å². The number of hydrogen-bond acceptors (Lipinski definition) is 6. The van der Waals surface area contributed by atoms with Crippen LogP contribution in [0.4, 0.5) is 0 Å². The molecule has 1 N–H and O–H groups in total. The molecule has 6 nitrogen and oxygen atoms in total. The normalized spacial score (nSPS) is 16.1. The number of nitrogens with one attached hydrogen (secondary N) is 1. The molecule has 1 aliphatic heterocycles. The Kier molecular flexibility index (Phi) is 5.71. The van der Waals surface area contributed by atoms with Crippen molar-refractivity contribution < 1.29 is 4.74 Å². The van der Waals surface area contributed by atoms with Crippen molar-refractivity contribution in [2.45, 2.75) is 36.4 Å². The van der Waals surface area contributed by atoms with E-state index in [0.29, 0.717) is 0 Å². The first-order chi connectivity index (χ1) is 16.3. The van der Waals surface area contributed by atoms with E-state index in [2.05, 4.69) is 55.5 Å². The van der Waals surface area contributed by atoms with Crippen LogP contribution < -0.4 is 0 Å². The third-order valence-electron chi connectivity index (χ3n) is 5.88. The summed E-state index contributed by atoms with van der Waals surface area (Å²) in [6.45, 7) is 1.59. The van der Waals surface area contributed by atoms with Gasteiger partial charge in [0.1, 0.15) is 5.01 Å². The Morgan fingerprint density at radius 2 is 1.97 bits per heavy atom. The fourth-order valence-corrected chi connectivity index (χ4v) is 6.00. The standard InChI is InChI=1S/C25H23N5OS2/c1-2-7-17(8-3-1)24-27-18(15-32-24)16-33-25-29-28-23(30(25)14-19-9-6-12-31-19)21-13-26-22-11-5-4-10-20(21)22/h1-5,7-8,10-11,13,15,19,26H,6,9,12,14,16H2/t19-/m0/s1. The first kappa shape index (κ1) is 20.7. The van der Waals surface area contributed by atoms with Crippen LogP contribution in [0, 0.1) is 0 Å². The topological polar surface area (TPSA) is 68.6 Å². The maximum absolute atomic E-state index is 5.95. The number of ether oxygens (including phenoxy) is 1. The summed E-state index contributed by atoms with van der Waals surface area (Å²) < 4.78 is 8.18. The van der Waals surface area contributed by atoms with E-state index in [0.717, 1.165) is 75.5 Å². The number of thioether (sulfide) groups is 1. The number of H-pyrrole nitrogens is 1. The van der Waals surface area contributed by atoms with Crippen molar-refractivity contribution in [2.24, 2.45) is 0 Å². The van der Waals surface area contributed by atoms with Crippen LogP contribution in [0.15, 0.2) is 71.3 Å². The molecule has 0 aliphatic carbocycles. The molecule has 1 saturated heterocycles. The van der Waals surface area contributed by atoms with Crippen LogP contribution >= 0.6 is 23.1 Å². The van der Waals surface area contributed by atoms with Gasteiger partial charge < -0.3 is 9.72 Å². The molecule has 1 aliphatic rings. The van der Waals surface area contributed by atoms with Crippen LogP contribution in [0.5, 0.6) is 0 Å². The predicted molar refractivity (Wildman–Crippen MR) is 133 cm³/mol. The molecule has 1 fully saturated rings. The minimum atomic E-state index is 0.202. The second-order valence-corrected chi connectivity index (χ2v) is 9.90. The maximum Gasteiger partial charge on any atom is 0.191 e. The van der Waals surface area contributed by atoms with Crippen LogP contribution in [-0.4, -0.2) is 37.4 Å². The molecule has 0 radical (unpaired) electrons. The largest absolute Gasteiger partial charge is 0.376 e. The van der Waals surface area contributed by atoms with Gasteiger partial charge in [-0.3, -0.25) is 4.57 Å². The molecule has 166 valence electrons. The Hall–Kier alpha value is -2.94. The van der Waals surface area contributed by atoms with Crippen molar-refractivity contribution in [2.75, 3.05) is 6.61 Å². The zero-order chi connectivity index (χ0) is 22.0. The van der Waals surface area contributed by atoms with E-state index in [9.17, 15) is 0 Å². The molecular formula is C25H23N5OS2. The minimum absolute atomic E-state index is 0.202. The number of hydrogen-bond donors (Lipinski definition) is 1. The maximum atomic E-state index is 5.95. The lowest BCUT2D eigenvalue weighted by Gasteiger charge is -2.14. The van der Waals surface area contributed by atoms with Gasteiger partial charge in [0.15, 0.2) is 11.0 Å². The van der Waals surface area contributed by atoms with Gasteiger partial charge in [-0.2, -0.15) is 0 Å². The molecule has 0 unspecified atom stereocenters. The van der Waals surface area contributed by atoms with E-state index >= 15 is 0 Å². The number of benzene rings is 2. The Morgan fingerprint density at radius 3 is 2.85 bits per heavy atom. The second-order valence-electron chi connectivity index (χ2n) is 8.10. The molecule has 0 spiro atoms. The first-order valence-electron chi connectivity index (χ1n) is 11.1. The highest BCUT2D eigenvalue weighted by Crippen LogP contribution is 2.33. The van der Waals surface area contributed by atoms with Crippen molar-refractivity contribution >= 4 is 34.0 Å². The van der Waals surface area contributed by atoms with Crippen LogP contribution in [0.1, 0.15) is 18.5 Å². The molecule has 33 heavy (non-hydrogen) atoms. The summed E-state index contributed by atoms with van der Waals surface area (Å²) in [5.41, 5.74) is 4.39. The lowest BCUT2D eigenvalue weighted by Crippen LogP contribution is -2.16. The molecule has 3 aromatic heterocycles. The Balaban J connectivity index is 1.29. The third-order valence-corrected chi connectivity index (χ3v) is 7.82. The molecule has 5 aromatic rings. The molecule has 6 rings (SSSR count). The van der Waals surface area contributed by atoms with E-state index in [1.54, 1.807) is 23.1 Å². The van der Waals surface area contributed by atoms with E-state index in [-0.39, 0.29) is 6.10 Å². The number of fused-ring (bicyclic) bond motifs is 1. The zero-order valence-corrected chi connectivity index (χ0v) is 19.6. The van der Waals surface area contributed by atoms with E-state index < -0.39 is 0 Å². The number of aromatic amines is 1. The Bertz CT molecular complexity index is 1370. The quantitative estimate of drug-likeness (QED) is 0.293. The molecule has 0 saturated carbocycles. The van der Waals surface area contributed by atoms with Crippen molar-refractivity contribution in [3.05, 3.63) is 71.9 Å². The molecule has 1 atom stereocenters. The average molecular weight is 474 g/mol. The second kappa shape index (κ2) is 9.13.